The van der Waals surface area contributed by atoms with Crippen molar-refractivity contribution in [3.63, 3.8) is 0 Å². The minimum atomic E-state index is -0.985. The highest BCUT2D eigenvalue weighted by atomic mass is 35.5. The monoisotopic (exact) mass is 309 g/mol. The van der Waals surface area contributed by atoms with Gasteiger partial charge in [-0.2, -0.15) is 0 Å². The van der Waals surface area contributed by atoms with Gasteiger partial charge in [-0.1, -0.05) is 35.3 Å². The number of amides is 1. The first-order valence-corrected chi connectivity index (χ1v) is 6.82. The van der Waals surface area contributed by atoms with E-state index in [9.17, 15) is 9.90 Å². The minimum Gasteiger partial charge on any atom is -0.465 e. The summed E-state index contributed by atoms with van der Waals surface area (Å²) < 4.78 is 0. The molecule has 2 aromatic carbocycles. The van der Waals surface area contributed by atoms with Gasteiger partial charge in [0.05, 0.1) is 0 Å². The standard InChI is InChI=1S/C15H13Cl2NO2/c16-12-3-1-11(2-4-12)9-10-18(15(19)20)14-7-5-13(17)6-8-14/h1-8H,9-10H2,(H,19,20). The van der Waals surface area contributed by atoms with Gasteiger partial charge in [0.2, 0.25) is 0 Å². The number of anilines is 1. The van der Waals surface area contributed by atoms with Crippen LogP contribution in [-0.2, 0) is 6.42 Å². The first-order valence-electron chi connectivity index (χ1n) is 6.07. The van der Waals surface area contributed by atoms with Gasteiger partial charge in [-0.25, -0.2) is 4.79 Å². The molecule has 20 heavy (non-hydrogen) atoms. The lowest BCUT2D eigenvalue weighted by atomic mass is 10.1. The van der Waals surface area contributed by atoms with Crippen LogP contribution < -0.4 is 4.90 Å². The fourth-order valence-corrected chi connectivity index (χ4v) is 2.10. The summed E-state index contributed by atoms with van der Waals surface area (Å²) in [5.74, 6) is 0. The molecule has 5 heteroatoms. The summed E-state index contributed by atoms with van der Waals surface area (Å²) in [5.41, 5.74) is 1.64. The van der Waals surface area contributed by atoms with Crippen LogP contribution in [0.4, 0.5) is 10.5 Å². The molecule has 0 saturated heterocycles. The van der Waals surface area contributed by atoms with Crippen LogP contribution in [0.25, 0.3) is 0 Å². The van der Waals surface area contributed by atoms with Gasteiger partial charge in [0.25, 0.3) is 0 Å². The Labute approximate surface area is 127 Å². The van der Waals surface area contributed by atoms with E-state index in [-0.39, 0.29) is 0 Å². The van der Waals surface area contributed by atoms with Gasteiger partial charge in [-0.15, -0.1) is 0 Å². The topological polar surface area (TPSA) is 40.5 Å². The Bertz CT molecular complexity index is 582. The predicted molar refractivity (Wildman–Crippen MR) is 82.0 cm³/mol. The van der Waals surface area contributed by atoms with Gasteiger partial charge in [-0.05, 0) is 48.4 Å². The molecule has 2 rings (SSSR count). The smallest absolute Gasteiger partial charge is 0.411 e. The molecule has 104 valence electrons. The van der Waals surface area contributed by atoms with E-state index < -0.39 is 6.09 Å². The maximum atomic E-state index is 11.3. The summed E-state index contributed by atoms with van der Waals surface area (Å²) in [5, 5.41) is 10.5. The second-order valence-electron chi connectivity index (χ2n) is 4.29. The maximum absolute atomic E-state index is 11.3. The van der Waals surface area contributed by atoms with Gasteiger partial charge in [0, 0.05) is 22.3 Å². The molecule has 1 N–H and O–H groups in total. The van der Waals surface area contributed by atoms with E-state index in [1.165, 1.54) is 4.90 Å². The van der Waals surface area contributed by atoms with Crippen LogP contribution in [0.5, 0.6) is 0 Å². The van der Waals surface area contributed by atoms with Crippen LogP contribution in [0.15, 0.2) is 48.5 Å². The summed E-state index contributed by atoms with van der Waals surface area (Å²) in [6.45, 7) is 0.374. The van der Waals surface area contributed by atoms with E-state index in [0.29, 0.717) is 28.7 Å². The number of nitrogens with zero attached hydrogens (tertiary/aromatic N) is 1. The Morgan fingerprint density at radius 1 is 0.950 bits per heavy atom. The Morgan fingerprint density at radius 2 is 1.45 bits per heavy atom. The van der Waals surface area contributed by atoms with Gasteiger partial charge < -0.3 is 5.11 Å². The molecule has 0 aliphatic carbocycles. The molecule has 0 saturated carbocycles. The van der Waals surface area contributed by atoms with Crippen molar-refractivity contribution in [2.24, 2.45) is 0 Å². The highest BCUT2D eigenvalue weighted by Crippen LogP contribution is 2.19. The van der Waals surface area contributed by atoms with Crippen LogP contribution in [0, 0.1) is 0 Å². The van der Waals surface area contributed by atoms with Gasteiger partial charge in [0.1, 0.15) is 0 Å². The molecule has 0 spiro atoms. The van der Waals surface area contributed by atoms with Crippen LogP contribution in [0.3, 0.4) is 0 Å². The molecule has 0 bridgehead atoms. The molecule has 0 atom stereocenters. The highest BCUT2D eigenvalue weighted by Gasteiger charge is 2.13. The predicted octanol–water partition coefficient (Wildman–Crippen LogP) is 4.72. The van der Waals surface area contributed by atoms with Crippen LogP contribution in [0.1, 0.15) is 5.56 Å². The molecule has 0 aromatic heterocycles. The van der Waals surface area contributed by atoms with Gasteiger partial charge in [-0.3, -0.25) is 4.90 Å². The highest BCUT2D eigenvalue weighted by molar-refractivity contribution is 6.30. The van der Waals surface area contributed by atoms with Gasteiger partial charge >= 0.3 is 6.09 Å². The molecule has 0 aliphatic rings. The van der Waals surface area contributed by atoms with Crippen molar-refractivity contribution in [1.29, 1.82) is 0 Å². The molecule has 0 aliphatic heterocycles. The zero-order valence-corrected chi connectivity index (χ0v) is 12.1. The Balaban J connectivity index is 2.08. The Hall–Kier alpha value is -1.71. The van der Waals surface area contributed by atoms with E-state index in [0.717, 1.165) is 5.56 Å². The van der Waals surface area contributed by atoms with E-state index in [1.54, 1.807) is 36.4 Å². The molecule has 0 unspecified atom stereocenters. The molecule has 1 amide bonds. The molecule has 3 nitrogen and oxygen atoms in total. The summed E-state index contributed by atoms with van der Waals surface area (Å²) in [6.07, 6.45) is -0.368. The van der Waals surface area contributed by atoms with Crippen molar-refractivity contribution >= 4 is 35.0 Å². The molecular weight excluding hydrogens is 297 g/mol. The number of rotatable bonds is 4. The zero-order chi connectivity index (χ0) is 14.5. The Morgan fingerprint density at radius 3 is 1.95 bits per heavy atom. The largest absolute Gasteiger partial charge is 0.465 e. The maximum Gasteiger partial charge on any atom is 0.411 e. The average molecular weight is 310 g/mol. The summed E-state index contributed by atoms with van der Waals surface area (Å²) >= 11 is 11.6. The molecule has 0 radical (unpaired) electrons. The molecule has 0 heterocycles. The summed E-state index contributed by atoms with van der Waals surface area (Å²) in [4.78, 5) is 12.6. The first-order chi connectivity index (χ1) is 9.56. The fourth-order valence-electron chi connectivity index (χ4n) is 1.85. The SMILES string of the molecule is O=C(O)N(CCc1ccc(Cl)cc1)c1ccc(Cl)cc1. The third kappa shape index (κ3) is 3.89. The van der Waals surface area contributed by atoms with Crippen molar-refractivity contribution in [3.05, 3.63) is 64.1 Å². The quantitative estimate of drug-likeness (QED) is 0.887. The average Bonchev–Trinajstić information content (AvgIpc) is 2.43. The van der Waals surface area contributed by atoms with Crippen LogP contribution >= 0.6 is 23.2 Å². The van der Waals surface area contributed by atoms with E-state index >= 15 is 0 Å². The number of hydrogen-bond donors (Lipinski definition) is 1. The normalized spacial score (nSPS) is 10.3. The number of carbonyl (C=O) groups is 1. The van der Waals surface area contributed by atoms with Gasteiger partial charge in [0.15, 0.2) is 0 Å². The zero-order valence-electron chi connectivity index (χ0n) is 10.6. The number of benzene rings is 2. The third-order valence-corrected chi connectivity index (χ3v) is 3.41. The lowest BCUT2D eigenvalue weighted by molar-refractivity contribution is 0.202. The van der Waals surface area contributed by atoms with Crippen molar-refractivity contribution in [1.82, 2.24) is 0 Å². The number of carboxylic acid groups (broad SMARTS) is 1. The van der Waals surface area contributed by atoms with Crippen LogP contribution in [-0.4, -0.2) is 17.7 Å². The van der Waals surface area contributed by atoms with Crippen molar-refractivity contribution in [2.75, 3.05) is 11.4 Å². The fraction of sp³-hybridized carbons (Fsp3) is 0.133. The molecule has 2 aromatic rings. The molecular formula is C15H13Cl2NO2. The van der Waals surface area contributed by atoms with E-state index in [1.807, 2.05) is 12.1 Å². The van der Waals surface area contributed by atoms with E-state index in [4.69, 9.17) is 23.2 Å². The third-order valence-electron chi connectivity index (χ3n) is 2.91. The van der Waals surface area contributed by atoms with Crippen LogP contribution in [0.2, 0.25) is 10.0 Å². The lowest BCUT2D eigenvalue weighted by Crippen LogP contribution is -2.31. The second kappa shape index (κ2) is 6.64. The summed E-state index contributed by atoms with van der Waals surface area (Å²) in [7, 11) is 0. The second-order valence-corrected chi connectivity index (χ2v) is 5.16. The van der Waals surface area contributed by atoms with Crippen molar-refractivity contribution in [2.45, 2.75) is 6.42 Å². The lowest BCUT2D eigenvalue weighted by Gasteiger charge is -2.19. The summed E-state index contributed by atoms with van der Waals surface area (Å²) in [6, 6.07) is 14.1. The first kappa shape index (κ1) is 14.7. The Kier molecular flexibility index (Phi) is 4.88. The minimum absolute atomic E-state index is 0.374. The van der Waals surface area contributed by atoms with Crippen molar-refractivity contribution in [3.8, 4) is 0 Å². The molecule has 0 fully saturated rings. The number of hydrogen-bond acceptors (Lipinski definition) is 1. The van der Waals surface area contributed by atoms with E-state index in [2.05, 4.69) is 0 Å². The number of halogens is 2. The van der Waals surface area contributed by atoms with Crippen molar-refractivity contribution < 1.29 is 9.90 Å².